The molecule has 2 unspecified atom stereocenters. The Bertz CT molecular complexity index is 2100. The number of amides is 3. The summed E-state index contributed by atoms with van der Waals surface area (Å²) in [6.07, 6.45) is 0.929. The average Bonchev–Trinajstić information content (AvgIpc) is 3.61. The van der Waals surface area contributed by atoms with Crippen molar-refractivity contribution in [3.05, 3.63) is 122 Å². The van der Waals surface area contributed by atoms with E-state index in [4.69, 9.17) is 44.9 Å². The molecule has 0 saturated carbocycles. The molecule has 11 nitrogen and oxygen atoms in total. The Kier molecular flexibility index (Phi) is 13.4. The first-order valence-corrected chi connectivity index (χ1v) is 20.7. The number of rotatable bonds is 13. The van der Waals surface area contributed by atoms with Crippen molar-refractivity contribution in [1.82, 2.24) is 20.5 Å². The largest absolute Gasteiger partial charge is 0.452 e. The molecule has 6 rings (SSSR count). The molecule has 4 aromatic rings. The van der Waals surface area contributed by atoms with Crippen LogP contribution in [0.2, 0.25) is 10.0 Å². The number of fused-ring (bicyclic) bond motifs is 1. The first-order valence-electron chi connectivity index (χ1n) is 17.7. The van der Waals surface area contributed by atoms with Gasteiger partial charge in [-0.25, -0.2) is 9.78 Å². The normalized spacial score (nSPS) is 16.5. The van der Waals surface area contributed by atoms with Crippen LogP contribution in [0, 0.1) is 0 Å². The fourth-order valence-corrected chi connectivity index (χ4v) is 9.11. The van der Waals surface area contributed by atoms with Gasteiger partial charge in [-0.05, 0) is 62.4 Å². The van der Waals surface area contributed by atoms with Gasteiger partial charge in [0.1, 0.15) is 23.2 Å². The van der Waals surface area contributed by atoms with Gasteiger partial charge in [-0.1, -0.05) is 113 Å². The first-order chi connectivity index (χ1) is 26.8. The number of aromatic nitrogens is 1. The number of benzene rings is 3. The van der Waals surface area contributed by atoms with E-state index in [-0.39, 0.29) is 17.1 Å². The number of halogens is 2. The van der Waals surface area contributed by atoms with Gasteiger partial charge in [-0.3, -0.25) is 19.3 Å². The quantitative estimate of drug-likeness (QED) is 0.0394. The van der Waals surface area contributed by atoms with Crippen molar-refractivity contribution < 1.29 is 28.7 Å². The third-order valence-corrected chi connectivity index (χ3v) is 11.9. The smallest absolute Gasteiger partial charge is 0.407 e. The van der Waals surface area contributed by atoms with Crippen LogP contribution in [0.25, 0.3) is 5.57 Å². The van der Waals surface area contributed by atoms with Crippen molar-refractivity contribution in [1.29, 1.82) is 0 Å². The number of carbonyl (C=O) groups is 4. The van der Waals surface area contributed by atoms with Gasteiger partial charge >= 0.3 is 12.1 Å². The monoisotopic (exact) mass is 851 g/mol. The average molecular weight is 853 g/mol. The number of nitrogens with one attached hydrogen (secondary N) is 3. The van der Waals surface area contributed by atoms with E-state index in [1.165, 1.54) is 23.1 Å². The van der Waals surface area contributed by atoms with Gasteiger partial charge in [0.25, 0.3) is 0 Å². The lowest BCUT2D eigenvalue weighted by Crippen LogP contribution is -2.61. The number of esters is 1. The highest BCUT2D eigenvalue weighted by atomic mass is 35.5. The van der Waals surface area contributed by atoms with Crippen LogP contribution in [0.1, 0.15) is 73.6 Å². The molecule has 1 fully saturated rings. The summed E-state index contributed by atoms with van der Waals surface area (Å²) in [5.74, 6) is -1.42. The summed E-state index contributed by atoms with van der Waals surface area (Å²) in [7, 11) is 0. The van der Waals surface area contributed by atoms with Crippen LogP contribution in [0.3, 0.4) is 0 Å². The molecule has 1 saturated heterocycles. The second kappa shape index (κ2) is 18.2. The molecule has 2 aliphatic rings. The molecule has 3 heterocycles. The predicted molar refractivity (Wildman–Crippen MR) is 225 cm³/mol. The number of ether oxygens (including phenoxy) is 2. The molecule has 56 heavy (non-hydrogen) atoms. The summed E-state index contributed by atoms with van der Waals surface area (Å²) in [6.45, 7) is 5.78. The van der Waals surface area contributed by atoms with E-state index in [1.54, 1.807) is 50.1 Å². The third kappa shape index (κ3) is 10.3. The van der Waals surface area contributed by atoms with Crippen LogP contribution in [0.5, 0.6) is 0 Å². The molecule has 292 valence electrons. The van der Waals surface area contributed by atoms with Crippen LogP contribution in [0.15, 0.2) is 90.9 Å². The van der Waals surface area contributed by atoms with E-state index < -0.39 is 42.0 Å². The summed E-state index contributed by atoms with van der Waals surface area (Å²) in [5.41, 5.74) is 2.31. The molecule has 16 heteroatoms. The summed E-state index contributed by atoms with van der Waals surface area (Å²) < 4.78 is 11.2. The number of carbonyl (C=O) groups excluding carboxylic acids is 4. The van der Waals surface area contributed by atoms with Crippen molar-refractivity contribution in [3.63, 3.8) is 0 Å². The van der Waals surface area contributed by atoms with Gasteiger partial charge in [0.05, 0.1) is 25.8 Å². The summed E-state index contributed by atoms with van der Waals surface area (Å²) in [6, 6.07) is 23.7. The molecule has 0 radical (unpaired) electrons. The molecular weight excluding hydrogens is 814 g/mol. The van der Waals surface area contributed by atoms with Gasteiger partial charge in [0.2, 0.25) is 11.8 Å². The van der Waals surface area contributed by atoms with Crippen LogP contribution in [0.4, 0.5) is 9.93 Å². The maximum absolute atomic E-state index is 13.9. The third-order valence-electron chi connectivity index (χ3n) is 8.59. The van der Waals surface area contributed by atoms with E-state index in [2.05, 4.69) is 20.9 Å². The summed E-state index contributed by atoms with van der Waals surface area (Å²) in [4.78, 5) is 60.2. The molecule has 0 bridgehead atoms. The van der Waals surface area contributed by atoms with Crippen molar-refractivity contribution in [2.75, 3.05) is 17.6 Å². The minimum atomic E-state index is -0.730. The maximum Gasteiger partial charge on any atom is 0.407 e. The van der Waals surface area contributed by atoms with Crippen molar-refractivity contribution in [2.45, 2.75) is 63.0 Å². The first kappa shape index (κ1) is 41.2. The molecule has 3 aromatic carbocycles. The van der Waals surface area contributed by atoms with Crippen molar-refractivity contribution in [3.8, 4) is 0 Å². The van der Waals surface area contributed by atoms with E-state index in [0.717, 1.165) is 11.1 Å². The summed E-state index contributed by atoms with van der Waals surface area (Å²) in [5, 5.41) is 9.65. The number of alkyl carbamates (subject to hydrolysis) is 1. The van der Waals surface area contributed by atoms with E-state index >= 15 is 0 Å². The number of anilines is 1. The number of β-lactam (4-membered cyclic amide) rings is 1. The zero-order chi connectivity index (χ0) is 40.0. The molecule has 3 N–H and O–H groups in total. The van der Waals surface area contributed by atoms with Gasteiger partial charge in [0, 0.05) is 24.1 Å². The maximum atomic E-state index is 13.9. The van der Waals surface area contributed by atoms with Crippen molar-refractivity contribution >= 4 is 98.1 Å². The summed E-state index contributed by atoms with van der Waals surface area (Å²) >= 11 is 20.9. The van der Waals surface area contributed by atoms with Gasteiger partial charge in [0.15, 0.2) is 11.2 Å². The Balaban J connectivity index is 1.17. The van der Waals surface area contributed by atoms with Crippen LogP contribution >= 0.6 is 58.5 Å². The SMILES string of the molecule is CC(C)(C)OC(=O)NCCCC(=S)Nc1ncc(C2=C(NC(=O)CC(=O)OC(c3ccccc3)c3ccccc3)N3C(=O)C(c4ccc(Cl)c(Cl)c4)C3SC2)s1. The minimum Gasteiger partial charge on any atom is -0.452 e. The van der Waals surface area contributed by atoms with Crippen molar-refractivity contribution in [2.24, 2.45) is 0 Å². The van der Waals surface area contributed by atoms with Gasteiger partial charge < -0.3 is 25.4 Å². The standard InChI is InChI=1S/C40H39Cl2N5O6S3/c1-40(2,3)53-39(51)43-18-10-15-31(54)46-38-44-21-29(56-38)26-22-55-37-33(25-16-17-27(41)28(42)19-25)36(50)47(37)35(26)45-30(48)20-32(49)52-34(23-11-6-4-7-12-23)24-13-8-5-9-14-24/h4-9,11-14,16-17,19,21,33-34,37H,10,15,18,20,22H2,1-3H3,(H,43,51)(H,45,48)(H,44,46,54). The zero-order valence-corrected chi connectivity index (χ0v) is 34.6. The predicted octanol–water partition coefficient (Wildman–Crippen LogP) is 8.70. The van der Waals surface area contributed by atoms with Gasteiger partial charge in [-0.2, -0.15) is 0 Å². The highest BCUT2D eigenvalue weighted by Crippen LogP contribution is 2.50. The Morgan fingerprint density at radius 1 is 0.982 bits per heavy atom. The van der Waals surface area contributed by atoms with Crippen LogP contribution in [-0.4, -0.2) is 62.0 Å². The number of thiocarbonyl (C=S) groups is 1. The van der Waals surface area contributed by atoms with Crippen LogP contribution < -0.4 is 16.0 Å². The Labute approximate surface area is 348 Å². The molecule has 1 aromatic heterocycles. The number of thiazole rings is 1. The molecule has 0 aliphatic carbocycles. The fraction of sp³-hybridized carbons (Fsp3) is 0.300. The highest BCUT2D eigenvalue weighted by molar-refractivity contribution is 8.00. The Hall–Kier alpha value is -4.47. The van der Waals surface area contributed by atoms with Gasteiger partial charge in [-0.15, -0.1) is 11.8 Å². The molecule has 2 atom stereocenters. The lowest BCUT2D eigenvalue weighted by molar-refractivity contribution is -0.149. The van der Waals surface area contributed by atoms with E-state index in [9.17, 15) is 19.2 Å². The zero-order valence-electron chi connectivity index (χ0n) is 30.7. The second-order valence-corrected chi connectivity index (χ2v) is 17.4. The number of hydrogen-bond donors (Lipinski definition) is 3. The fourth-order valence-electron chi connectivity index (χ4n) is 6.06. The second-order valence-electron chi connectivity index (χ2n) is 13.9. The van der Waals surface area contributed by atoms with E-state index in [1.807, 2.05) is 60.7 Å². The lowest BCUT2D eigenvalue weighted by atomic mass is 9.89. The molecule has 0 spiro atoms. The Morgan fingerprint density at radius 3 is 2.30 bits per heavy atom. The van der Waals surface area contributed by atoms with Crippen LogP contribution in [-0.2, 0) is 23.9 Å². The van der Waals surface area contributed by atoms with E-state index in [0.29, 0.717) is 61.3 Å². The number of hydrogen-bond acceptors (Lipinski definition) is 10. The topological polar surface area (TPSA) is 139 Å². The lowest BCUT2D eigenvalue weighted by Gasteiger charge is -2.50. The molecule has 3 amide bonds. The minimum absolute atomic E-state index is 0.242. The molecular formula is C40H39Cl2N5O6S3. The number of thioether (sulfide) groups is 1. The highest BCUT2D eigenvalue weighted by Gasteiger charge is 2.53. The molecule has 2 aliphatic heterocycles. The Morgan fingerprint density at radius 2 is 1.66 bits per heavy atom. The number of nitrogens with zero attached hydrogens (tertiary/aromatic N) is 2.